The normalized spacial score (nSPS) is 16.0. The number of rotatable bonds is 6. The van der Waals surface area contributed by atoms with Crippen LogP contribution in [0.3, 0.4) is 0 Å². The van der Waals surface area contributed by atoms with E-state index in [9.17, 15) is 18.0 Å². The van der Waals surface area contributed by atoms with E-state index in [1.54, 1.807) is 42.5 Å². The molecule has 0 spiro atoms. The molecule has 1 aliphatic rings. The fourth-order valence-corrected chi connectivity index (χ4v) is 3.93. The maximum atomic E-state index is 12.7. The zero-order valence-corrected chi connectivity index (χ0v) is 16.1. The molecule has 2 aromatic carbocycles. The quantitative estimate of drug-likeness (QED) is 0.746. The lowest BCUT2D eigenvalue weighted by Gasteiger charge is -2.34. The molecule has 0 saturated heterocycles. The number of nitrogens with zero attached hydrogens (tertiary/aromatic N) is 1. The lowest BCUT2D eigenvalue weighted by atomic mass is 10.1. The molecule has 0 saturated carbocycles. The fourth-order valence-electron chi connectivity index (χ4n) is 2.88. The van der Waals surface area contributed by atoms with Crippen LogP contribution in [-0.2, 0) is 19.6 Å². The van der Waals surface area contributed by atoms with Crippen LogP contribution in [0.1, 0.15) is 6.42 Å². The molecular formula is C19H21N3O5S. The molecule has 0 unspecified atom stereocenters. The second-order valence-corrected chi connectivity index (χ2v) is 7.92. The number of hydrogen-bond donors (Lipinski definition) is 2. The maximum absolute atomic E-state index is 12.7. The van der Waals surface area contributed by atoms with Crippen LogP contribution in [0.2, 0.25) is 0 Å². The molecule has 1 aliphatic heterocycles. The first-order valence-electron chi connectivity index (χ1n) is 8.75. The van der Waals surface area contributed by atoms with Crippen LogP contribution in [0, 0.1) is 0 Å². The minimum atomic E-state index is -3.68. The van der Waals surface area contributed by atoms with Gasteiger partial charge in [-0.15, -0.1) is 0 Å². The van der Waals surface area contributed by atoms with Crippen molar-refractivity contribution in [2.24, 2.45) is 0 Å². The highest BCUT2D eigenvalue weighted by atomic mass is 32.2. The monoisotopic (exact) mass is 403 g/mol. The number of nitrogens with one attached hydrogen (secondary N) is 2. The number of carbonyl (C=O) groups is 2. The Morgan fingerprint density at radius 2 is 1.79 bits per heavy atom. The summed E-state index contributed by atoms with van der Waals surface area (Å²) in [7, 11) is -2.19. The summed E-state index contributed by atoms with van der Waals surface area (Å²) in [5.41, 5.74) is 0.554. The number of amides is 2. The molecule has 9 heteroatoms. The highest BCUT2D eigenvalue weighted by Crippen LogP contribution is 2.33. The average molecular weight is 403 g/mol. The Bertz CT molecular complexity index is 963. The molecule has 3 rings (SSSR count). The Balaban J connectivity index is 1.69. The predicted octanol–water partition coefficient (Wildman–Crippen LogP) is 0.895. The van der Waals surface area contributed by atoms with Crippen LogP contribution >= 0.6 is 0 Å². The third kappa shape index (κ3) is 4.32. The lowest BCUT2D eigenvalue weighted by molar-refractivity contribution is -0.127. The predicted molar refractivity (Wildman–Crippen MR) is 104 cm³/mol. The van der Waals surface area contributed by atoms with Gasteiger partial charge in [0.1, 0.15) is 5.75 Å². The molecule has 8 nitrogen and oxygen atoms in total. The second kappa shape index (κ2) is 8.41. The highest BCUT2D eigenvalue weighted by molar-refractivity contribution is 7.89. The average Bonchev–Trinajstić information content (AvgIpc) is 2.72. The van der Waals surface area contributed by atoms with Gasteiger partial charge >= 0.3 is 0 Å². The maximum Gasteiger partial charge on any atom is 0.262 e. The Morgan fingerprint density at radius 1 is 1.11 bits per heavy atom. The minimum Gasteiger partial charge on any atom is -0.477 e. The molecule has 2 amide bonds. The topological polar surface area (TPSA) is 105 Å². The largest absolute Gasteiger partial charge is 0.477 e. The third-order valence-electron chi connectivity index (χ3n) is 4.30. The van der Waals surface area contributed by atoms with E-state index in [0.29, 0.717) is 11.4 Å². The van der Waals surface area contributed by atoms with Gasteiger partial charge in [-0.1, -0.05) is 30.3 Å². The molecule has 0 aromatic heterocycles. The number of likely N-dealkylation sites (N-methyl/N-ethyl adjacent to an activating group) is 1. The number of carbonyl (C=O) groups excluding carboxylic acids is 2. The molecule has 28 heavy (non-hydrogen) atoms. The summed E-state index contributed by atoms with van der Waals surface area (Å²) >= 11 is 0. The minimum absolute atomic E-state index is 0.0547. The summed E-state index contributed by atoms with van der Waals surface area (Å²) in [4.78, 5) is 26.3. The molecule has 0 aliphatic carbocycles. The molecule has 1 heterocycles. The van der Waals surface area contributed by atoms with Gasteiger partial charge in [0.05, 0.1) is 17.1 Å². The molecule has 2 N–H and O–H groups in total. The van der Waals surface area contributed by atoms with Crippen LogP contribution in [0.25, 0.3) is 0 Å². The van der Waals surface area contributed by atoms with Crippen molar-refractivity contribution in [3.05, 3.63) is 54.6 Å². The van der Waals surface area contributed by atoms with Crippen molar-refractivity contribution in [2.75, 3.05) is 25.0 Å². The molecule has 0 bridgehead atoms. The number of anilines is 1. The van der Waals surface area contributed by atoms with E-state index >= 15 is 0 Å². The summed E-state index contributed by atoms with van der Waals surface area (Å²) < 4.78 is 32.6. The number of sulfonamides is 1. The first kappa shape index (κ1) is 19.8. The zero-order valence-electron chi connectivity index (χ0n) is 15.3. The van der Waals surface area contributed by atoms with Gasteiger partial charge in [-0.3, -0.25) is 9.59 Å². The number of ether oxygens (including phenoxy) is 1. The first-order chi connectivity index (χ1) is 13.4. The van der Waals surface area contributed by atoms with E-state index in [4.69, 9.17) is 4.74 Å². The Kier molecular flexibility index (Phi) is 5.96. The van der Waals surface area contributed by atoms with Crippen molar-refractivity contribution in [2.45, 2.75) is 17.4 Å². The number of hydrogen-bond acceptors (Lipinski definition) is 5. The lowest BCUT2D eigenvalue weighted by Crippen LogP contribution is -2.50. The van der Waals surface area contributed by atoms with Crippen LogP contribution in [0.4, 0.5) is 5.69 Å². The van der Waals surface area contributed by atoms with Gasteiger partial charge in [-0.2, -0.15) is 0 Å². The Hall–Kier alpha value is -2.91. The number of fused-ring (bicyclic) bond motifs is 1. The molecule has 148 valence electrons. The van der Waals surface area contributed by atoms with Gasteiger partial charge < -0.3 is 15.0 Å². The Morgan fingerprint density at radius 3 is 2.50 bits per heavy atom. The summed E-state index contributed by atoms with van der Waals surface area (Å²) in [6, 6.07) is 14.9. The number of benzene rings is 2. The summed E-state index contributed by atoms with van der Waals surface area (Å²) in [5, 5.41) is 2.51. The second-order valence-electron chi connectivity index (χ2n) is 6.15. The standard InChI is InChI=1S/C19H21N3O5S/c1-20-19(24)17-13-22(15-9-5-6-10-16(15)27-17)18(23)11-12-21-28(25,26)14-7-3-2-4-8-14/h2-10,17,21H,11-13H2,1H3,(H,20,24)/t17-/m0/s1. The summed E-state index contributed by atoms with van der Waals surface area (Å²) in [5.74, 6) is -0.210. The third-order valence-corrected chi connectivity index (χ3v) is 5.77. The van der Waals surface area contributed by atoms with Crippen molar-refractivity contribution >= 4 is 27.5 Å². The van der Waals surface area contributed by atoms with Gasteiger partial charge in [0.25, 0.3) is 5.91 Å². The summed E-state index contributed by atoms with van der Waals surface area (Å²) in [6.45, 7) is 0.00117. The van der Waals surface area contributed by atoms with Gasteiger partial charge in [-0.25, -0.2) is 13.1 Å². The van der Waals surface area contributed by atoms with Gasteiger partial charge in [0.15, 0.2) is 6.10 Å². The van der Waals surface area contributed by atoms with Crippen LogP contribution in [0.5, 0.6) is 5.75 Å². The van der Waals surface area contributed by atoms with Gasteiger partial charge in [0.2, 0.25) is 15.9 Å². The van der Waals surface area contributed by atoms with Crippen molar-refractivity contribution in [1.82, 2.24) is 10.0 Å². The highest BCUT2D eigenvalue weighted by Gasteiger charge is 2.33. The van der Waals surface area contributed by atoms with Crippen molar-refractivity contribution in [3.8, 4) is 5.75 Å². The fraction of sp³-hybridized carbons (Fsp3) is 0.263. The molecule has 1 atom stereocenters. The zero-order chi connectivity index (χ0) is 20.1. The van der Waals surface area contributed by atoms with E-state index in [0.717, 1.165) is 0 Å². The SMILES string of the molecule is CNC(=O)[C@@H]1CN(C(=O)CCNS(=O)(=O)c2ccccc2)c2ccccc2O1. The molecule has 0 radical (unpaired) electrons. The van der Waals surface area contributed by atoms with Gasteiger partial charge in [0, 0.05) is 20.0 Å². The summed E-state index contributed by atoms with van der Waals surface area (Å²) in [6.07, 6.45) is -0.884. The van der Waals surface area contributed by atoms with Crippen molar-refractivity contribution in [1.29, 1.82) is 0 Å². The first-order valence-corrected chi connectivity index (χ1v) is 10.2. The van der Waals surface area contributed by atoms with Crippen molar-refractivity contribution in [3.63, 3.8) is 0 Å². The van der Waals surface area contributed by atoms with Gasteiger partial charge in [-0.05, 0) is 24.3 Å². The van der Waals surface area contributed by atoms with E-state index < -0.39 is 16.1 Å². The Labute approximate surface area is 163 Å². The molecule has 2 aromatic rings. The van der Waals surface area contributed by atoms with Crippen LogP contribution in [0.15, 0.2) is 59.5 Å². The van der Waals surface area contributed by atoms with E-state index in [-0.39, 0.29) is 36.2 Å². The molecular weight excluding hydrogens is 382 g/mol. The van der Waals surface area contributed by atoms with Crippen LogP contribution in [-0.4, -0.2) is 46.5 Å². The van der Waals surface area contributed by atoms with Crippen molar-refractivity contribution < 1.29 is 22.7 Å². The number of para-hydroxylation sites is 2. The smallest absolute Gasteiger partial charge is 0.262 e. The van der Waals surface area contributed by atoms with E-state index in [2.05, 4.69) is 10.0 Å². The van der Waals surface area contributed by atoms with Crippen LogP contribution < -0.4 is 19.7 Å². The van der Waals surface area contributed by atoms with E-state index in [1.165, 1.54) is 24.1 Å². The van der Waals surface area contributed by atoms with E-state index in [1.807, 2.05) is 0 Å². The molecule has 0 fully saturated rings.